The van der Waals surface area contributed by atoms with Gasteiger partial charge in [-0.15, -0.1) is 0 Å². The Hall–Kier alpha value is 0.0969. The van der Waals surface area contributed by atoms with Crippen LogP contribution in [0.4, 0.5) is 0 Å². The molecule has 90 valence electrons. The Morgan fingerprint density at radius 2 is 2.00 bits per heavy atom. The summed E-state index contributed by atoms with van der Waals surface area (Å²) >= 11 is 0. The summed E-state index contributed by atoms with van der Waals surface area (Å²) in [5.41, 5.74) is 0.286. The van der Waals surface area contributed by atoms with Crippen LogP contribution in [0.3, 0.4) is 0 Å². The first-order valence-electron chi connectivity index (χ1n) is 5.68. The summed E-state index contributed by atoms with van der Waals surface area (Å²) in [4.78, 5) is 0. The first kappa shape index (κ1) is 13.2. The van der Waals surface area contributed by atoms with Gasteiger partial charge >= 0.3 is 0 Å². The molecule has 1 aliphatic rings. The largest absolute Gasteiger partial charge is 0.420 e. The van der Waals surface area contributed by atoms with Gasteiger partial charge in [-0.25, -0.2) is 0 Å². The minimum atomic E-state index is -1.37. The van der Waals surface area contributed by atoms with Crippen molar-refractivity contribution in [3.63, 3.8) is 0 Å². The molecule has 0 unspecified atom stereocenters. The van der Waals surface area contributed by atoms with Crippen LogP contribution in [0.25, 0.3) is 0 Å². The molecule has 0 saturated carbocycles. The normalized spacial score (nSPS) is 20.0. The molecule has 0 aliphatic carbocycles. The third-order valence-corrected chi connectivity index (χ3v) is 5.63. The predicted molar refractivity (Wildman–Crippen MR) is 63.7 cm³/mol. The average molecular weight is 232 g/mol. The highest BCUT2D eigenvalue weighted by Gasteiger charge is 2.33. The van der Waals surface area contributed by atoms with E-state index in [1.54, 1.807) is 0 Å². The second kappa shape index (κ2) is 5.43. The van der Waals surface area contributed by atoms with Crippen molar-refractivity contribution in [3.05, 3.63) is 0 Å². The summed E-state index contributed by atoms with van der Waals surface area (Å²) in [5.74, 6) is 0. The molecule has 1 fully saturated rings. The molecule has 1 heterocycles. The maximum absolute atomic E-state index is 5.67. The lowest BCUT2D eigenvalue weighted by Gasteiger charge is -2.37. The van der Waals surface area contributed by atoms with Gasteiger partial charge in [0.25, 0.3) is 0 Å². The van der Waals surface area contributed by atoms with Crippen molar-refractivity contribution in [2.75, 3.05) is 33.5 Å². The second-order valence-corrected chi connectivity index (χ2v) is 9.85. The van der Waals surface area contributed by atoms with E-state index >= 15 is 0 Å². The minimum absolute atomic E-state index is 0.286. The Morgan fingerprint density at radius 1 is 1.33 bits per heavy atom. The highest BCUT2D eigenvalue weighted by Crippen LogP contribution is 2.26. The van der Waals surface area contributed by atoms with Gasteiger partial charge in [0, 0.05) is 19.1 Å². The van der Waals surface area contributed by atoms with E-state index < -0.39 is 8.32 Å². The molecule has 0 aromatic carbocycles. The van der Waals surface area contributed by atoms with Crippen LogP contribution >= 0.6 is 0 Å². The van der Waals surface area contributed by atoms with Gasteiger partial charge in [-0.05, 0) is 25.6 Å². The van der Waals surface area contributed by atoms with Crippen LogP contribution in [0, 0.1) is 5.41 Å². The summed E-state index contributed by atoms with van der Waals surface area (Å²) < 4.78 is 16.3. The van der Waals surface area contributed by atoms with Gasteiger partial charge in [0.1, 0.15) is 0 Å². The lowest BCUT2D eigenvalue weighted by molar-refractivity contribution is -0.137. The molecule has 1 rings (SSSR count). The fourth-order valence-electron chi connectivity index (χ4n) is 1.55. The molecule has 0 aromatic rings. The predicted octanol–water partition coefficient (Wildman–Crippen LogP) is 2.28. The standard InChI is InChI=1S/C11H24O3Si/c1-11(9-14-10-11)8-13-6-5-7-15(3,4)12-2/h5-10H2,1-4H3. The van der Waals surface area contributed by atoms with Crippen LogP contribution in [-0.2, 0) is 13.9 Å². The number of hydrogen-bond donors (Lipinski definition) is 0. The molecule has 0 bridgehead atoms. The molecule has 3 nitrogen and oxygen atoms in total. The molecule has 1 saturated heterocycles. The van der Waals surface area contributed by atoms with E-state index in [1.807, 2.05) is 7.11 Å². The molecular formula is C11H24O3Si. The Balaban J connectivity index is 1.97. The number of ether oxygens (including phenoxy) is 2. The van der Waals surface area contributed by atoms with E-state index in [0.29, 0.717) is 0 Å². The number of hydrogen-bond acceptors (Lipinski definition) is 3. The fourth-order valence-corrected chi connectivity index (χ4v) is 2.75. The minimum Gasteiger partial charge on any atom is -0.420 e. The van der Waals surface area contributed by atoms with Crippen molar-refractivity contribution in [2.45, 2.75) is 32.5 Å². The van der Waals surface area contributed by atoms with Crippen LogP contribution in [0.15, 0.2) is 0 Å². The highest BCUT2D eigenvalue weighted by atomic mass is 28.4. The van der Waals surface area contributed by atoms with Gasteiger partial charge in [-0.3, -0.25) is 0 Å². The van der Waals surface area contributed by atoms with E-state index in [-0.39, 0.29) is 5.41 Å². The molecule has 0 atom stereocenters. The number of rotatable bonds is 7. The SMILES string of the molecule is CO[Si](C)(C)CCCOCC1(C)COC1. The lowest BCUT2D eigenvalue weighted by Crippen LogP contribution is -2.43. The molecule has 1 aliphatic heterocycles. The topological polar surface area (TPSA) is 27.7 Å². The van der Waals surface area contributed by atoms with E-state index in [0.717, 1.165) is 32.8 Å². The van der Waals surface area contributed by atoms with E-state index in [1.165, 1.54) is 6.04 Å². The van der Waals surface area contributed by atoms with Crippen molar-refractivity contribution in [3.8, 4) is 0 Å². The summed E-state index contributed by atoms with van der Waals surface area (Å²) in [6.07, 6.45) is 1.12. The first-order chi connectivity index (χ1) is 6.97. The maximum Gasteiger partial charge on any atom is 0.186 e. The van der Waals surface area contributed by atoms with Crippen LogP contribution in [-0.4, -0.2) is 41.9 Å². The van der Waals surface area contributed by atoms with Crippen LogP contribution < -0.4 is 0 Å². The van der Waals surface area contributed by atoms with E-state index in [4.69, 9.17) is 13.9 Å². The van der Waals surface area contributed by atoms with Gasteiger partial charge in [0.05, 0.1) is 19.8 Å². The van der Waals surface area contributed by atoms with Crippen LogP contribution in [0.5, 0.6) is 0 Å². The van der Waals surface area contributed by atoms with Crippen LogP contribution in [0.1, 0.15) is 13.3 Å². The monoisotopic (exact) mass is 232 g/mol. The smallest absolute Gasteiger partial charge is 0.186 e. The lowest BCUT2D eigenvalue weighted by atomic mass is 9.90. The molecule has 0 N–H and O–H groups in total. The Bertz CT molecular complexity index is 177. The third kappa shape index (κ3) is 4.63. The van der Waals surface area contributed by atoms with E-state index in [9.17, 15) is 0 Å². The summed E-state index contributed by atoms with van der Waals surface area (Å²) in [6.45, 7) is 10.1. The zero-order valence-corrected chi connectivity index (χ0v) is 11.5. The van der Waals surface area contributed by atoms with Gasteiger partial charge in [0.15, 0.2) is 8.32 Å². The Morgan fingerprint density at radius 3 is 2.47 bits per heavy atom. The molecule has 0 radical (unpaired) electrons. The molecule has 0 spiro atoms. The maximum atomic E-state index is 5.67. The quantitative estimate of drug-likeness (QED) is 0.498. The molecular weight excluding hydrogens is 208 g/mol. The van der Waals surface area contributed by atoms with E-state index in [2.05, 4.69) is 20.0 Å². The molecule has 0 amide bonds. The zero-order valence-electron chi connectivity index (χ0n) is 10.5. The molecule has 4 heteroatoms. The van der Waals surface area contributed by atoms with Crippen molar-refractivity contribution in [2.24, 2.45) is 5.41 Å². The average Bonchev–Trinajstić information content (AvgIpc) is 2.14. The second-order valence-electron chi connectivity index (χ2n) is 5.42. The molecule has 0 aromatic heterocycles. The van der Waals surface area contributed by atoms with Crippen molar-refractivity contribution in [1.82, 2.24) is 0 Å². The summed E-state index contributed by atoms with van der Waals surface area (Å²) in [5, 5.41) is 0. The highest BCUT2D eigenvalue weighted by molar-refractivity contribution is 6.71. The van der Waals surface area contributed by atoms with Gasteiger partial charge in [-0.2, -0.15) is 0 Å². The fraction of sp³-hybridized carbons (Fsp3) is 1.00. The van der Waals surface area contributed by atoms with Crippen molar-refractivity contribution in [1.29, 1.82) is 0 Å². The van der Waals surface area contributed by atoms with Gasteiger partial charge in [0.2, 0.25) is 0 Å². The van der Waals surface area contributed by atoms with Crippen molar-refractivity contribution >= 4 is 8.32 Å². The summed E-state index contributed by atoms with van der Waals surface area (Å²) in [7, 11) is 0.447. The van der Waals surface area contributed by atoms with Crippen LogP contribution in [0.2, 0.25) is 19.1 Å². The molecule has 15 heavy (non-hydrogen) atoms. The zero-order chi connectivity index (χ0) is 11.4. The first-order valence-corrected chi connectivity index (χ1v) is 8.80. The summed E-state index contributed by atoms with van der Waals surface area (Å²) in [6, 6.07) is 1.18. The van der Waals surface area contributed by atoms with Gasteiger partial charge < -0.3 is 13.9 Å². The third-order valence-electron chi connectivity index (χ3n) is 2.97. The Labute approximate surface area is 94.2 Å². The van der Waals surface area contributed by atoms with Crippen molar-refractivity contribution < 1.29 is 13.9 Å². The Kier molecular flexibility index (Phi) is 4.77. The van der Waals surface area contributed by atoms with Gasteiger partial charge in [-0.1, -0.05) is 6.92 Å².